The highest BCUT2D eigenvalue weighted by Crippen LogP contribution is 2.32. The normalized spacial score (nSPS) is 10.7. The number of benzene rings is 4. The second kappa shape index (κ2) is 10.8. The maximum atomic E-state index is 13.0. The van der Waals surface area contributed by atoms with Crippen molar-refractivity contribution < 1.29 is 14.3 Å². The first-order valence-corrected chi connectivity index (χ1v) is 11.9. The SMILES string of the molecule is COC(=O)c1cccc(CNC(=O)c2cccc3c(NSc4cc(Cl)cc(Cl)c4)cccc23)c1. The average Bonchev–Trinajstić information content (AvgIpc) is 2.84. The van der Waals surface area contributed by atoms with Crippen molar-refractivity contribution in [2.24, 2.45) is 0 Å². The topological polar surface area (TPSA) is 67.4 Å². The Labute approximate surface area is 211 Å². The predicted octanol–water partition coefficient (Wildman–Crippen LogP) is 6.98. The Morgan fingerprint density at radius 2 is 1.59 bits per heavy atom. The van der Waals surface area contributed by atoms with Gasteiger partial charge >= 0.3 is 5.97 Å². The molecule has 0 aliphatic rings. The lowest BCUT2D eigenvalue weighted by Crippen LogP contribution is -2.23. The molecule has 8 heteroatoms. The van der Waals surface area contributed by atoms with Crippen molar-refractivity contribution in [3.8, 4) is 0 Å². The molecule has 0 aliphatic carbocycles. The number of fused-ring (bicyclic) bond motifs is 1. The van der Waals surface area contributed by atoms with Gasteiger partial charge in [0.2, 0.25) is 0 Å². The molecule has 0 saturated carbocycles. The van der Waals surface area contributed by atoms with Gasteiger partial charge in [-0.2, -0.15) is 0 Å². The van der Waals surface area contributed by atoms with Gasteiger partial charge in [-0.3, -0.25) is 4.79 Å². The van der Waals surface area contributed by atoms with E-state index in [0.717, 1.165) is 26.9 Å². The van der Waals surface area contributed by atoms with Gasteiger partial charge in [-0.15, -0.1) is 0 Å². The summed E-state index contributed by atoms with van der Waals surface area (Å²) >= 11 is 13.6. The first kappa shape index (κ1) is 24.0. The van der Waals surface area contributed by atoms with Gasteiger partial charge in [0.05, 0.1) is 18.4 Å². The number of nitrogens with one attached hydrogen (secondary N) is 2. The van der Waals surface area contributed by atoms with Crippen LogP contribution in [0.2, 0.25) is 10.0 Å². The molecule has 0 saturated heterocycles. The van der Waals surface area contributed by atoms with E-state index in [4.69, 9.17) is 27.9 Å². The van der Waals surface area contributed by atoms with Gasteiger partial charge in [0.15, 0.2) is 0 Å². The van der Waals surface area contributed by atoms with Crippen molar-refractivity contribution in [1.82, 2.24) is 5.32 Å². The Bertz CT molecular complexity index is 1360. The number of ether oxygens (including phenoxy) is 1. The van der Waals surface area contributed by atoms with E-state index in [1.165, 1.54) is 19.1 Å². The number of halogens is 2. The molecule has 2 N–H and O–H groups in total. The van der Waals surface area contributed by atoms with Crippen LogP contribution in [0.4, 0.5) is 5.69 Å². The molecule has 34 heavy (non-hydrogen) atoms. The van der Waals surface area contributed by atoms with Gasteiger partial charge in [-0.25, -0.2) is 4.79 Å². The van der Waals surface area contributed by atoms with Gasteiger partial charge in [0.1, 0.15) is 0 Å². The van der Waals surface area contributed by atoms with Crippen molar-refractivity contribution in [2.45, 2.75) is 11.4 Å². The fourth-order valence-corrected chi connectivity index (χ4v) is 4.94. The molecule has 0 atom stereocenters. The zero-order chi connectivity index (χ0) is 24.1. The maximum Gasteiger partial charge on any atom is 0.337 e. The van der Waals surface area contributed by atoms with E-state index < -0.39 is 5.97 Å². The van der Waals surface area contributed by atoms with Crippen molar-refractivity contribution in [1.29, 1.82) is 0 Å². The predicted molar refractivity (Wildman–Crippen MR) is 139 cm³/mol. The van der Waals surface area contributed by atoms with Gasteiger partial charge in [0.25, 0.3) is 5.91 Å². The minimum atomic E-state index is -0.417. The van der Waals surface area contributed by atoms with E-state index in [1.807, 2.05) is 48.5 Å². The fraction of sp³-hybridized carbons (Fsp3) is 0.0769. The molecule has 0 aliphatic heterocycles. The lowest BCUT2D eigenvalue weighted by Gasteiger charge is -2.13. The third kappa shape index (κ3) is 5.65. The Morgan fingerprint density at radius 1 is 0.882 bits per heavy atom. The molecule has 0 fully saturated rings. The number of esters is 1. The molecular weight excluding hydrogens is 491 g/mol. The second-order valence-electron chi connectivity index (χ2n) is 7.39. The summed E-state index contributed by atoms with van der Waals surface area (Å²) in [4.78, 5) is 25.6. The highest BCUT2D eigenvalue weighted by Gasteiger charge is 2.13. The number of rotatable bonds is 7. The number of amides is 1. The van der Waals surface area contributed by atoms with Crippen molar-refractivity contribution in [2.75, 3.05) is 11.8 Å². The quantitative estimate of drug-likeness (QED) is 0.207. The first-order valence-electron chi connectivity index (χ1n) is 10.3. The highest BCUT2D eigenvalue weighted by molar-refractivity contribution is 8.00. The van der Waals surface area contributed by atoms with E-state index in [0.29, 0.717) is 21.2 Å². The lowest BCUT2D eigenvalue weighted by atomic mass is 10.0. The summed E-state index contributed by atoms with van der Waals surface area (Å²) in [6.07, 6.45) is 0. The van der Waals surface area contributed by atoms with Crippen LogP contribution in [0.1, 0.15) is 26.3 Å². The number of carbonyl (C=O) groups is 2. The van der Waals surface area contributed by atoms with E-state index >= 15 is 0 Å². The Hall–Kier alpha value is -3.19. The number of hydrogen-bond acceptors (Lipinski definition) is 5. The van der Waals surface area contributed by atoms with Crippen LogP contribution in [0.25, 0.3) is 10.8 Å². The molecule has 0 bridgehead atoms. The largest absolute Gasteiger partial charge is 0.465 e. The molecule has 4 aromatic carbocycles. The van der Waals surface area contributed by atoms with Crippen LogP contribution < -0.4 is 10.0 Å². The molecule has 1 amide bonds. The summed E-state index contributed by atoms with van der Waals surface area (Å²) in [6.45, 7) is 0.281. The number of methoxy groups -OCH3 is 1. The zero-order valence-corrected chi connectivity index (χ0v) is 20.4. The van der Waals surface area contributed by atoms with Gasteiger partial charge in [-0.1, -0.05) is 59.6 Å². The van der Waals surface area contributed by atoms with E-state index in [1.54, 1.807) is 30.3 Å². The average molecular weight is 511 g/mol. The molecule has 0 aromatic heterocycles. The third-order valence-corrected chi connectivity index (χ3v) is 6.31. The van der Waals surface area contributed by atoms with Crippen LogP contribution in [0, 0.1) is 0 Å². The van der Waals surface area contributed by atoms with E-state index in [2.05, 4.69) is 10.0 Å². The molecule has 0 radical (unpaired) electrons. The summed E-state index contributed by atoms with van der Waals surface area (Å²) in [5, 5.41) is 5.78. The molecule has 0 unspecified atom stereocenters. The number of carbonyl (C=O) groups excluding carboxylic acids is 2. The van der Waals surface area contributed by atoms with Gasteiger partial charge in [0, 0.05) is 32.4 Å². The maximum absolute atomic E-state index is 13.0. The molecule has 0 heterocycles. The first-order chi connectivity index (χ1) is 16.4. The van der Waals surface area contributed by atoms with Crippen molar-refractivity contribution in [3.05, 3.63) is 106 Å². The third-order valence-electron chi connectivity index (χ3n) is 5.08. The molecule has 4 aromatic rings. The fourth-order valence-electron chi connectivity index (χ4n) is 3.50. The van der Waals surface area contributed by atoms with Gasteiger partial charge in [-0.05, 0) is 65.4 Å². The van der Waals surface area contributed by atoms with Crippen LogP contribution in [-0.2, 0) is 11.3 Å². The summed E-state index contributed by atoms with van der Waals surface area (Å²) < 4.78 is 8.09. The zero-order valence-electron chi connectivity index (χ0n) is 18.1. The summed E-state index contributed by atoms with van der Waals surface area (Å²) in [6, 6.07) is 23.7. The van der Waals surface area contributed by atoms with Crippen LogP contribution >= 0.6 is 35.1 Å². The smallest absolute Gasteiger partial charge is 0.337 e. The van der Waals surface area contributed by atoms with Gasteiger partial charge < -0.3 is 14.8 Å². The Kier molecular flexibility index (Phi) is 7.63. The molecule has 172 valence electrons. The summed E-state index contributed by atoms with van der Waals surface area (Å²) in [7, 11) is 1.34. The minimum Gasteiger partial charge on any atom is -0.465 e. The minimum absolute atomic E-state index is 0.208. The molecule has 5 nitrogen and oxygen atoms in total. The lowest BCUT2D eigenvalue weighted by molar-refractivity contribution is 0.0600. The Balaban J connectivity index is 1.52. The van der Waals surface area contributed by atoms with Crippen LogP contribution in [0.3, 0.4) is 0 Å². The second-order valence-corrected chi connectivity index (χ2v) is 9.14. The number of anilines is 1. The number of hydrogen-bond donors (Lipinski definition) is 2. The molecule has 4 rings (SSSR count). The highest BCUT2D eigenvalue weighted by atomic mass is 35.5. The van der Waals surface area contributed by atoms with Crippen LogP contribution in [-0.4, -0.2) is 19.0 Å². The van der Waals surface area contributed by atoms with Crippen LogP contribution in [0.15, 0.2) is 83.8 Å². The van der Waals surface area contributed by atoms with Crippen LogP contribution in [0.5, 0.6) is 0 Å². The molecular formula is C26H20Cl2N2O3S. The monoisotopic (exact) mass is 510 g/mol. The summed E-state index contributed by atoms with van der Waals surface area (Å²) in [5.74, 6) is -0.624. The van der Waals surface area contributed by atoms with E-state index in [9.17, 15) is 9.59 Å². The Morgan fingerprint density at radius 3 is 2.35 bits per heavy atom. The summed E-state index contributed by atoms with van der Waals surface area (Å²) in [5.41, 5.74) is 2.66. The standard InChI is InChI=1S/C26H20Cl2N2O3S/c1-33-26(32)17-6-2-5-16(11-17)15-29-25(31)23-9-3-8-22-21(23)7-4-10-24(22)30-34-20-13-18(27)12-19(28)14-20/h2-14,30H,15H2,1H3,(H,29,31). The molecule has 0 spiro atoms. The van der Waals surface area contributed by atoms with Crippen molar-refractivity contribution >= 4 is 63.5 Å². The van der Waals surface area contributed by atoms with E-state index in [-0.39, 0.29) is 12.5 Å². The van der Waals surface area contributed by atoms with Crippen molar-refractivity contribution in [3.63, 3.8) is 0 Å².